The van der Waals surface area contributed by atoms with Crippen molar-refractivity contribution < 1.29 is 9.53 Å². The zero-order valence-electron chi connectivity index (χ0n) is 14.4. The van der Waals surface area contributed by atoms with Gasteiger partial charge in [-0.15, -0.1) is 0 Å². The molecule has 0 aliphatic carbocycles. The molecule has 7 heteroatoms. The van der Waals surface area contributed by atoms with Crippen LogP contribution in [0.1, 0.15) is 5.56 Å². The topological polar surface area (TPSA) is 56.1 Å². The number of hydrogen-bond donors (Lipinski definition) is 1. The van der Waals surface area contributed by atoms with Gasteiger partial charge in [0.15, 0.2) is 5.16 Å². The van der Waals surface area contributed by atoms with Crippen LogP contribution in [0.2, 0.25) is 5.02 Å². The van der Waals surface area contributed by atoms with E-state index in [0.717, 1.165) is 21.8 Å². The molecule has 136 valence electrons. The van der Waals surface area contributed by atoms with Gasteiger partial charge in [0.1, 0.15) is 0 Å². The highest BCUT2D eigenvalue weighted by molar-refractivity contribution is 7.99. The average Bonchev–Trinajstić information content (AvgIpc) is 3.00. The number of ether oxygens (including phenoxy) is 1. The van der Waals surface area contributed by atoms with Crippen LogP contribution in [-0.2, 0) is 22.6 Å². The van der Waals surface area contributed by atoms with Crippen molar-refractivity contribution >= 4 is 40.3 Å². The lowest BCUT2D eigenvalue weighted by Crippen LogP contribution is -2.24. The van der Waals surface area contributed by atoms with Crippen molar-refractivity contribution in [2.75, 3.05) is 19.5 Å². The Morgan fingerprint density at radius 1 is 1.27 bits per heavy atom. The number of amides is 1. The standard InChI is InChI=1S/C19H20ClN3O2S/c1-25-10-9-23-17-8-7-15(20)11-16(17)22-19(23)26-13-18(24)21-12-14-5-3-2-4-6-14/h2-8,11H,9-10,12-13H2,1H3,(H,21,24). The molecule has 3 rings (SSSR count). The molecule has 5 nitrogen and oxygen atoms in total. The van der Waals surface area contributed by atoms with E-state index in [-0.39, 0.29) is 5.91 Å². The van der Waals surface area contributed by atoms with Gasteiger partial charge in [0.25, 0.3) is 0 Å². The molecule has 1 heterocycles. The minimum atomic E-state index is -0.0257. The van der Waals surface area contributed by atoms with Gasteiger partial charge in [0.05, 0.1) is 23.4 Å². The van der Waals surface area contributed by atoms with E-state index in [9.17, 15) is 4.79 Å². The van der Waals surface area contributed by atoms with Crippen LogP contribution in [-0.4, -0.2) is 34.9 Å². The molecule has 0 atom stereocenters. The fourth-order valence-electron chi connectivity index (χ4n) is 2.57. The fraction of sp³-hybridized carbons (Fsp3) is 0.263. The molecule has 0 radical (unpaired) electrons. The summed E-state index contributed by atoms with van der Waals surface area (Å²) in [5.74, 6) is 0.277. The third-order valence-corrected chi connectivity index (χ3v) is 5.07. The first-order valence-corrected chi connectivity index (χ1v) is 9.62. The Bertz CT molecular complexity index is 883. The van der Waals surface area contributed by atoms with Crippen LogP contribution in [0.3, 0.4) is 0 Å². The van der Waals surface area contributed by atoms with E-state index in [1.54, 1.807) is 7.11 Å². The molecule has 1 N–H and O–H groups in total. The number of halogens is 1. The molecule has 0 aliphatic rings. The summed E-state index contributed by atoms with van der Waals surface area (Å²) in [6.45, 7) is 1.76. The van der Waals surface area contributed by atoms with Crippen LogP contribution in [0, 0.1) is 0 Å². The van der Waals surface area contributed by atoms with Crippen LogP contribution in [0.15, 0.2) is 53.7 Å². The first-order chi connectivity index (χ1) is 12.7. The quantitative estimate of drug-likeness (QED) is 0.596. The Labute approximate surface area is 161 Å². The van der Waals surface area contributed by atoms with Crippen molar-refractivity contribution in [3.63, 3.8) is 0 Å². The summed E-state index contributed by atoms with van der Waals surface area (Å²) in [4.78, 5) is 16.8. The van der Waals surface area contributed by atoms with Crippen LogP contribution < -0.4 is 5.32 Å². The zero-order chi connectivity index (χ0) is 18.4. The molecule has 1 aromatic heterocycles. The maximum atomic E-state index is 12.2. The lowest BCUT2D eigenvalue weighted by Gasteiger charge is -2.09. The molecule has 0 fully saturated rings. The summed E-state index contributed by atoms with van der Waals surface area (Å²) in [5, 5.41) is 4.36. The predicted octanol–water partition coefficient (Wildman–Crippen LogP) is 3.74. The Kier molecular flexibility index (Phi) is 6.55. The van der Waals surface area contributed by atoms with Crippen molar-refractivity contribution in [2.24, 2.45) is 0 Å². The number of nitrogens with one attached hydrogen (secondary N) is 1. The van der Waals surface area contributed by atoms with Crippen LogP contribution in [0.5, 0.6) is 0 Å². The molecule has 0 saturated heterocycles. The number of carbonyl (C=O) groups excluding carboxylic acids is 1. The largest absolute Gasteiger partial charge is 0.383 e. The van der Waals surface area contributed by atoms with Gasteiger partial charge in [0.2, 0.25) is 5.91 Å². The number of fused-ring (bicyclic) bond motifs is 1. The van der Waals surface area contributed by atoms with Crippen molar-refractivity contribution in [2.45, 2.75) is 18.2 Å². The fourth-order valence-corrected chi connectivity index (χ4v) is 3.60. The first kappa shape index (κ1) is 18.8. The first-order valence-electron chi connectivity index (χ1n) is 8.25. The van der Waals surface area contributed by atoms with Crippen molar-refractivity contribution in [3.8, 4) is 0 Å². The number of aromatic nitrogens is 2. The smallest absolute Gasteiger partial charge is 0.230 e. The predicted molar refractivity (Wildman–Crippen MR) is 106 cm³/mol. The van der Waals surface area contributed by atoms with Crippen LogP contribution >= 0.6 is 23.4 Å². The van der Waals surface area contributed by atoms with E-state index in [1.165, 1.54) is 11.8 Å². The molecule has 0 spiro atoms. The molecule has 0 saturated carbocycles. The second-order valence-corrected chi connectivity index (χ2v) is 7.10. The monoisotopic (exact) mass is 389 g/mol. The number of thioether (sulfide) groups is 1. The van der Waals surface area contributed by atoms with E-state index >= 15 is 0 Å². The molecule has 3 aromatic rings. The third kappa shape index (κ3) is 4.78. The molecule has 0 aliphatic heterocycles. The van der Waals surface area contributed by atoms with E-state index in [2.05, 4.69) is 14.9 Å². The van der Waals surface area contributed by atoms with Gasteiger partial charge >= 0.3 is 0 Å². The van der Waals surface area contributed by atoms with Gasteiger partial charge < -0.3 is 14.6 Å². The lowest BCUT2D eigenvalue weighted by atomic mass is 10.2. The maximum Gasteiger partial charge on any atom is 0.230 e. The SMILES string of the molecule is COCCn1c(SCC(=O)NCc2ccccc2)nc2cc(Cl)ccc21. The molecule has 0 bridgehead atoms. The van der Waals surface area contributed by atoms with Gasteiger partial charge in [0, 0.05) is 25.2 Å². The highest BCUT2D eigenvalue weighted by Crippen LogP contribution is 2.26. The maximum absolute atomic E-state index is 12.2. The Balaban J connectivity index is 1.66. The summed E-state index contributed by atoms with van der Waals surface area (Å²) in [7, 11) is 1.67. The minimum Gasteiger partial charge on any atom is -0.383 e. The molecule has 1 amide bonds. The molecule has 26 heavy (non-hydrogen) atoms. The second-order valence-electron chi connectivity index (χ2n) is 5.72. The number of benzene rings is 2. The molecular formula is C19H20ClN3O2S. The van der Waals surface area contributed by atoms with E-state index in [0.29, 0.717) is 30.5 Å². The van der Waals surface area contributed by atoms with Gasteiger partial charge in [-0.2, -0.15) is 0 Å². The van der Waals surface area contributed by atoms with Gasteiger partial charge in [-0.05, 0) is 23.8 Å². The van der Waals surface area contributed by atoms with Crippen molar-refractivity contribution in [1.29, 1.82) is 0 Å². The van der Waals surface area contributed by atoms with E-state index < -0.39 is 0 Å². The number of carbonyl (C=O) groups is 1. The number of rotatable bonds is 8. The summed E-state index contributed by atoms with van der Waals surface area (Å²) < 4.78 is 7.25. The normalized spacial score (nSPS) is 11.0. The number of hydrogen-bond acceptors (Lipinski definition) is 4. The zero-order valence-corrected chi connectivity index (χ0v) is 16.0. The summed E-state index contributed by atoms with van der Waals surface area (Å²) in [5.41, 5.74) is 2.88. The van der Waals surface area contributed by atoms with Crippen molar-refractivity contribution in [3.05, 3.63) is 59.1 Å². The lowest BCUT2D eigenvalue weighted by molar-refractivity contribution is -0.118. The van der Waals surface area contributed by atoms with E-state index in [1.807, 2.05) is 48.5 Å². The minimum absolute atomic E-state index is 0.0257. The second kappa shape index (κ2) is 9.07. The van der Waals surface area contributed by atoms with Gasteiger partial charge in [-0.1, -0.05) is 53.7 Å². The summed E-state index contributed by atoms with van der Waals surface area (Å²) in [6, 6.07) is 15.5. The van der Waals surface area contributed by atoms with Gasteiger partial charge in [-0.25, -0.2) is 4.98 Å². The molecular weight excluding hydrogens is 370 g/mol. The Morgan fingerprint density at radius 2 is 2.08 bits per heavy atom. The van der Waals surface area contributed by atoms with Crippen LogP contribution in [0.4, 0.5) is 0 Å². The van der Waals surface area contributed by atoms with Crippen molar-refractivity contribution in [1.82, 2.24) is 14.9 Å². The summed E-state index contributed by atoms with van der Waals surface area (Å²) in [6.07, 6.45) is 0. The third-order valence-electron chi connectivity index (χ3n) is 3.86. The number of imidazole rings is 1. The highest BCUT2D eigenvalue weighted by atomic mass is 35.5. The highest BCUT2D eigenvalue weighted by Gasteiger charge is 2.13. The molecule has 2 aromatic carbocycles. The van der Waals surface area contributed by atoms with E-state index in [4.69, 9.17) is 16.3 Å². The van der Waals surface area contributed by atoms with Gasteiger partial charge in [-0.3, -0.25) is 4.79 Å². The molecule has 0 unspecified atom stereocenters. The number of nitrogens with zero attached hydrogens (tertiary/aromatic N) is 2. The van der Waals surface area contributed by atoms with Crippen LogP contribution in [0.25, 0.3) is 11.0 Å². The summed E-state index contributed by atoms with van der Waals surface area (Å²) >= 11 is 7.48. The number of methoxy groups -OCH3 is 1. The Morgan fingerprint density at radius 3 is 2.85 bits per heavy atom. The Hall–Kier alpha value is -2.02. The average molecular weight is 390 g/mol.